The normalized spacial score (nSPS) is 10.1. The molecule has 1 aromatic heterocycles. The standard InChI is InChI=1S/C12H10N2O2.ClH/c15-12(16)6-3-10-1-4-11(5-2-10)14-8-7-13-9-14;/h1-9H,(H,15,16);1H. The molecule has 0 saturated carbocycles. The lowest BCUT2D eigenvalue weighted by atomic mass is 10.2. The molecule has 0 bridgehead atoms. The van der Waals surface area contributed by atoms with Gasteiger partial charge in [-0.05, 0) is 23.8 Å². The maximum atomic E-state index is 10.3. The molecule has 0 amide bonds. The van der Waals surface area contributed by atoms with Crippen molar-refractivity contribution in [2.45, 2.75) is 0 Å². The third-order valence-corrected chi connectivity index (χ3v) is 2.11. The summed E-state index contributed by atoms with van der Waals surface area (Å²) in [5.41, 5.74) is 1.84. The first-order chi connectivity index (χ1) is 7.75. The number of carboxylic acid groups (broad SMARTS) is 1. The molecule has 0 aliphatic heterocycles. The maximum absolute atomic E-state index is 10.3. The van der Waals surface area contributed by atoms with Gasteiger partial charge in [0.1, 0.15) is 0 Å². The summed E-state index contributed by atoms with van der Waals surface area (Å²) in [6.07, 6.45) is 7.94. The van der Waals surface area contributed by atoms with Gasteiger partial charge in [0.2, 0.25) is 0 Å². The summed E-state index contributed by atoms with van der Waals surface area (Å²) < 4.78 is 1.88. The smallest absolute Gasteiger partial charge is 0.328 e. The van der Waals surface area contributed by atoms with E-state index in [9.17, 15) is 4.79 Å². The van der Waals surface area contributed by atoms with Crippen molar-refractivity contribution < 1.29 is 9.90 Å². The Labute approximate surface area is 105 Å². The minimum absolute atomic E-state index is 0. The highest BCUT2D eigenvalue weighted by atomic mass is 35.5. The Balaban J connectivity index is 0.00000144. The van der Waals surface area contributed by atoms with Crippen LogP contribution in [0.2, 0.25) is 0 Å². The monoisotopic (exact) mass is 250 g/mol. The number of halogens is 1. The van der Waals surface area contributed by atoms with Gasteiger partial charge in [0.15, 0.2) is 0 Å². The van der Waals surface area contributed by atoms with E-state index < -0.39 is 5.97 Å². The van der Waals surface area contributed by atoms with Crippen LogP contribution in [0.4, 0.5) is 0 Å². The number of imidazole rings is 1. The first-order valence-corrected chi connectivity index (χ1v) is 4.75. The molecule has 0 saturated heterocycles. The van der Waals surface area contributed by atoms with Gasteiger partial charge in [-0.1, -0.05) is 12.1 Å². The Hall–Kier alpha value is -2.07. The first kappa shape index (κ1) is 13.0. The highest BCUT2D eigenvalue weighted by Gasteiger charge is 1.94. The van der Waals surface area contributed by atoms with Crippen LogP contribution in [0, 0.1) is 0 Å². The molecule has 17 heavy (non-hydrogen) atoms. The van der Waals surface area contributed by atoms with Crippen molar-refractivity contribution >= 4 is 24.5 Å². The van der Waals surface area contributed by atoms with Crippen molar-refractivity contribution in [1.82, 2.24) is 9.55 Å². The van der Waals surface area contributed by atoms with E-state index in [0.29, 0.717) is 0 Å². The van der Waals surface area contributed by atoms with Crippen molar-refractivity contribution in [2.75, 3.05) is 0 Å². The molecule has 0 fully saturated rings. The fourth-order valence-corrected chi connectivity index (χ4v) is 1.34. The third-order valence-electron chi connectivity index (χ3n) is 2.11. The summed E-state index contributed by atoms with van der Waals surface area (Å²) in [5, 5.41) is 8.48. The van der Waals surface area contributed by atoms with Crippen LogP contribution in [0.3, 0.4) is 0 Å². The molecule has 0 aliphatic rings. The van der Waals surface area contributed by atoms with Gasteiger partial charge in [-0.2, -0.15) is 0 Å². The molecule has 0 unspecified atom stereocenters. The van der Waals surface area contributed by atoms with Crippen LogP contribution in [0.15, 0.2) is 49.1 Å². The molecular formula is C12H11ClN2O2. The maximum Gasteiger partial charge on any atom is 0.328 e. The van der Waals surface area contributed by atoms with Crippen molar-refractivity contribution in [2.24, 2.45) is 0 Å². The van der Waals surface area contributed by atoms with Crippen LogP contribution < -0.4 is 0 Å². The molecule has 0 atom stereocenters. The molecule has 2 aromatic rings. The molecule has 2 rings (SSSR count). The zero-order valence-electron chi connectivity index (χ0n) is 8.85. The predicted molar refractivity (Wildman–Crippen MR) is 67.5 cm³/mol. The summed E-state index contributed by atoms with van der Waals surface area (Å²) in [5.74, 6) is -0.946. The Morgan fingerprint density at radius 3 is 2.53 bits per heavy atom. The minimum atomic E-state index is -0.946. The molecule has 5 heteroatoms. The van der Waals surface area contributed by atoms with Gasteiger partial charge in [-0.3, -0.25) is 0 Å². The predicted octanol–water partition coefficient (Wildman–Crippen LogP) is 2.39. The number of hydrogen-bond acceptors (Lipinski definition) is 2. The fraction of sp³-hybridized carbons (Fsp3) is 0. The van der Waals surface area contributed by atoms with Crippen LogP contribution in [-0.2, 0) is 4.79 Å². The molecule has 0 spiro atoms. The Morgan fingerprint density at radius 1 is 1.29 bits per heavy atom. The average molecular weight is 251 g/mol. The van der Waals surface area contributed by atoms with E-state index in [1.807, 2.05) is 35.0 Å². The number of benzene rings is 1. The molecule has 1 N–H and O–H groups in total. The molecule has 1 heterocycles. The summed E-state index contributed by atoms with van der Waals surface area (Å²) in [4.78, 5) is 14.3. The van der Waals surface area contributed by atoms with Gasteiger partial charge in [-0.15, -0.1) is 12.4 Å². The number of rotatable bonds is 3. The van der Waals surface area contributed by atoms with Crippen molar-refractivity contribution in [1.29, 1.82) is 0 Å². The zero-order chi connectivity index (χ0) is 11.4. The highest BCUT2D eigenvalue weighted by Crippen LogP contribution is 2.10. The average Bonchev–Trinajstić information content (AvgIpc) is 2.80. The van der Waals surface area contributed by atoms with E-state index in [1.54, 1.807) is 18.6 Å². The Bertz CT molecular complexity index is 504. The first-order valence-electron chi connectivity index (χ1n) is 4.75. The van der Waals surface area contributed by atoms with E-state index in [-0.39, 0.29) is 12.4 Å². The Morgan fingerprint density at radius 2 is 2.00 bits per heavy atom. The number of hydrogen-bond donors (Lipinski definition) is 1. The van der Waals surface area contributed by atoms with E-state index in [0.717, 1.165) is 17.3 Å². The highest BCUT2D eigenvalue weighted by molar-refractivity contribution is 5.85. The second-order valence-corrected chi connectivity index (χ2v) is 3.23. The van der Waals surface area contributed by atoms with Crippen LogP contribution >= 0.6 is 12.4 Å². The van der Waals surface area contributed by atoms with Gasteiger partial charge < -0.3 is 9.67 Å². The minimum Gasteiger partial charge on any atom is -0.478 e. The largest absolute Gasteiger partial charge is 0.478 e. The molecule has 1 aromatic carbocycles. The van der Waals surface area contributed by atoms with Gasteiger partial charge in [0.25, 0.3) is 0 Å². The van der Waals surface area contributed by atoms with Crippen molar-refractivity contribution in [3.05, 3.63) is 54.6 Å². The quantitative estimate of drug-likeness (QED) is 0.851. The Kier molecular flexibility index (Phi) is 4.48. The van der Waals surface area contributed by atoms with Gasteiger partial charge in [0, 0.05) is 24.2 Å². The van der Waals surface area contributed by atoms with Crippen LogP contribution in [-0.4, -0.2) is 20.6 Å². The zero-order valence-corrected chi connectivity index (χ0v) is 9.67. The number of carboxylic acids is 1. The second kappa shape index (κ2) is 5.86. The summed E-state index contributed by atoms with van der Waals surface area (Å²) in [6.45, 7) is 0. The molecule has 4 nitrogen and oxygen atoms in total. The fourth-order valence-electron chi connectivity index (χ4n) is 1.34. The van der Waals surface area contributed by atoms with Crippen molar-refractivity contribution in [3.8, 4) is 5.69 Å². The molecule has 0 aliphatic carbocycles. The lowest BCUT2D eigenvalue weighted by Crippen LogP contribution is -1.89. The van der Waals surface area contributed by atoms with Gasteiger partial charge in [-0.25, -0.2) is 9.78 Å². The number of nitrogens with zero attached hydrogens (tertiary/aromatic N) is 2. The number of aromatic nitrogens is 2. The van der Waals surface area contributed by atoms with E-state index in [4.69, 9.17) is 5.11 Å². The van der Waals surface area contributed by atoms with E-state index >= 15 is 0 Å². The van der Waals surface area contributed by atoms with E-state index in [2.05, 4.69) is 4.98 Å². The number of aliphatic carboxylic acids is 1. The van der Waals surface area contributed by atoms with Gasteiger partial charge in [0.05, 0.1) is 6.33 Å². The summed E-state index contributed by atoms with van der Waals surface area (Å²) in [7, 11) is 0. The summed E-state index contributed by atoms with van der Waals surface area (Å²) in [6, 6.07) is 7.52. The third kappa shape index (κ3) is 3.46. The lowest BCUT2D eigenvalue weighted by Gasteiger charge is -2.01. The summed E-state index contributed by atoms with van der Waals surface area (Å²) >= 11 is 0. The van der Waals surface area contributed by atoms with E-state index in [1.165, 1.54) is 0 Å². The van der Waals surface area contributed by atoms with Gasteiger partial charge >= 0.3 is 5.97 Å². The van der Waals surface area contributed by atoms with Crippen LogP contribution in [0.5, 0.6) is 0 Å². The SMILES string of the molecule is Cl.O=C(O)C=Cc1ccc(-n2ccnc2)cc1. The van der Waals surface area contributed by atoms with Crippen LogP contribution in [0.25, 0.3) is 11.8 Å². The second-order valence-electron chi connectivity index (χ2n) is 3.23. The van der Waals surface area contributed by atoms with Crippen LogP contribution in [0.1, 0.15) is 5.56 Å². The van der Waals surface area contributed by atoms with Crippen molar-refractivity contribution in [3.63, 3.8) is 0 Å². The molecular weight excluding hydrogens is 240 g/mol. The molecule has 88 valence electrons. The lowest BCUT2D eigenvalue weighted by molar-refractivity contribution is -0.131. The topological polar surface area (TPSA) is 55.1 Å². The number of carbonyl (C=O) groups is 1. The molecule has 0 radical (unpaired) electrons.